The van der Waals surface area contributed by atoms with Gasteiger partial charge in [-0.05, 0) is 30.2 Å². The van der Waals surface area contributed by atoms with Gasteiger partial charge in [-0.15, -0.1) is 0 Å². The molecule has 0 spiro atoms. The molecule has 2 aromatic rings. The highest BCUT2D eigenvalue weighted by Crippen LogP contribution is 2.45. The number of ether oxygens (including phenoxy) is 1. The van der Waals surface area contributed by atoms with Crippen LogP contribution >= 0.6 is 0 Å². The van der Waals surface area contributed by atoms with Gasteiger partial charge in [-0.2, -0.15) is 0 Å². The molecule has 0 aromatic heterocycles. The van der Waals surface area contributed by atoms with Gasteiger partial charge in [0.25, 0.3) is 0 Å². The summed E-state index contributed by atoms with van der Waals surface area (Å²) in [6, 6.07) is 14.8. The van der Waals surface area contributed by atoms with Gasteiger partial charge in [0.15, 0.2) is 0 Å². The fourth-order valence-electron chi connectivity index (χ4n) is 2.64. The molecule has 1 heterocycles. The van der Waals surface area contributed by atoms with E-state index in [2.05, 4.69) is 6.58 Å². The minimum absolute atomic E-state index is 0.189. The van der Waals surface area contributed by atoms with Crippen molar-refractivity contribution in [1.82, 2.24) is 0 Å². The first kappa shape index (κ1) is 13.4. The van der Waals surface area contributed by atoms with Crippen LogP contribution in [-0.2, 0) is 9.53 Å². The quantitative estimate of drug-likeness (QED) is 0.675. The molecule has 1 aliphatic rings. The first-order valence-corrected chi connectivity index (χ1v) is 6.81. The number of hydrogen-bond acceptors (Lipinski definition) is 3. The lowest BCUT2D eigenvalue weighted by Gasteiger charge is -2.18. The second kappa shape index (κ2) is 5.09. The number of hydrogen-bond donors (Lipinski definition) is 1. The van der Waals surface area contributed by atoms with Crippen molar-refractivity contribution >= 4 is 5.97 Å². The van der Waals surface area contributed by atoms with E-state index >= 15 is 0 Å². The number of esters is 1. The summed E-state index contributed by atoms with van der Waals surface area (Å²) in [4.78, 5) is 11.9. The summed E-state index contributed by atoms with van der Waals surface area (Å²) in [5.41, 5.74) is 3.49. The number of phenolic OH excluding ortho intramolecular Hbond substituents is 1. The van der Waals surface area contributed by atoms with E-state index in [1.165, 1.54) is 0 Å². The summed E-state index contributed by atoms with van der Waals surface area (Å²) in [5.74, 6) is -0.366. The topological polar surface area (TPSA) is 46.5 Å². The minimum Gasteiger partial charge on any atom is -0.508 e. The Balaban J connectivity index is 2.02. The molecular formula is C18H16O3. The Morgan fingerprint density at radius 1 is 1.00 bits per heavy atom. The molecule has 3 rings (SSSR count). The van der Waals surface area contributed by atoms with Gasteiger partial charge in [0, 0.05) is 5.57 Å². The van der Waals surface area contributed by atoms with Crippen LogP contribution in [0, 0.1) is 6.92 Å². The summed E-state index contributed by atoms with van der Waals surface area (Å²) in [7, 11) is 0. The van der Waals surface area contributed by atoms with E-state index in [1.54, 1.807) is 24.3 Å². The zero-order valence-corrected chi connectivity index (χ0v) is 11.7. The summed E-state index contributed by atoms with van der Waals surface area (Å²) in [5, 5.41) is 9.39. The summed E-state index contributed by atoms with van der Waals surface area (Å²) >= 11 is 0. The lowest BCUT2D eigenvalue weighted by molar-refractivity contribution is -0.139. The molecular weight excluding hydrogens is 264 g/mol. The molecule has 0 bridgehead atoms. The maximum absolute atomic E-state index is 11.9. The lowest BCUT2D eigenvalue weighted by atomic mass is 9.86. The third-order valence-corrected chi connectivity index (χ3v) is 3.83. The number of phenols is 1. The van der Waals surface area contributed by atoms with Gasteiger partial charge in [0.1, 0.15) is 11.9 Å². The molecule has 106 valence electrons. The van der Waals surface area contributed by atoms with Crippen molar-refractivity contribution in [2.45, 2.75) is 18.9 Å². The third kappa shape index (κ3) is 2.42. The first-order chi connectivity index (χ1) is 10.1. The normalized spacial score (nSPS) is 21.4. The Morgan fingerprint density at radius 3 is 2.19 bits per heavy atom. The van der Waals surface area contributed by atoms with Crippen LogP contribution in [0.25, 0.3) is 0 Å². The number of aryl methyl sites for hydroxylation is 1. The predicted octanol–water partition coefficient (Wildman–Crippen LogP) is 3.64. The zero-order valence-electron chi connectivity index (χ0n) is 11.7. The molecule has 1 saturated heterocycles. The molecule has 0 amide bonds. The number of carbonyl (C=O) groups is 1. The first-order valence-electron chi connectivity index (χ1n) is 6.81. The van der Waals surface area contributed by atoms with E-state index < -0.39 is 6.10 Å². The van der Waals surface area contributed by atoms with Crippen molar-refractivity contribution in [2.75, 3.05) is 0 Å². The van der Waals surface area contributed by atoms with Crippen LogP contribution in [-0.4, -0.2) is 11.1 Å². The monoisotopic (exact) mass is 280 g/mol. The van der Waals surface area contributed by atoms with Gasteiger partial charge in [0.05, 0.1) is 5.92 Å². The molecule has 2 aromatic carbocycles. The summed E-state index contributed by atoms with van der Waals surface area (Å²) in [6.45, 7) is 5.91. The van der Waals surface area contributed by atoms with Crippen molar-refractivity contribution < 1.29 is 14.6 Å². The third-order valence-electron chi connectivity index (χ3n) is 3.83. The minimum atomic E-state index is -0.395. The summed E-state index contributed by atoms with van der Waals surface area (Å²) in [6.07, 6.45) is -0.395. The van der Waals surface area contributed by atoms with Crippen molar-refractivity contribution in [3.8, 4) is 5.75 Å². The highest BCUT2D eigenvalue weighted by atomic mass is 16.6. The average Bonchev–Trinajstić information content (AvgIpc) is 2.77. The molecule has 21 heavy (non-hydrogen) atoms. The number of benzene rings is 2. The smallest absolute Gasteiger partial charge is 0.334 e. The van der Waals surface area contributed by atoms with Crippen LogP contribution in [0.15, 0.2) is 60.7 Å². The fraction of sp³-hybridized carbons (Fsp3) is 0.167. The molecule has 1 aliphatic heterocycles. The largest absolute Gasteiger partial charge is 0.508 e. The molecule has 2 unspecified atom stereocenters. The molecule has 1 fully saturated rings. The number of rotatable bonds is 2. The molecule has 0 saturated carbocycles. The van der Waals surface area contributed by atoms with E-state index in [-0.39, 0.29) is 17.6 Å². The molecule has 3 nitrogen and oxygen atoms in total. The van der Waals surface area contributed by atoms with Crippen LogP contribution in [0.5, 0.6) is 5.75 Å². The van der Waals surface area contributed by atoms with Crippen LogP contribution in [0.3, 0.4) is 0 Å². The second-order valence-corrected chi connectivity index (χ2v) is 5.33. The van der Waals surface area contributed by atoms with Crippen molar-refractivity contribution in [3.05, 3.63) is 77.4 Å². The Morgan fingerprint density at radius 2 is 1.57 bits per heavy atom. The highest BCUT2D eigenvalue weighted by molar-refractivity contribution is 5.92. The van der Waals surface area contributed by atoms with Crippen LogP contribution in [0.4, 0.5) is 0 Å². The van der Waals surface area contributed by atoms with Crippen LogP contribution < -0.4 is 0 Å². The van der Waals surface area contributed by atoms with E-state index in [0.29, 0.717) is 5.57 Å². The van der Waals surface area contributed by atoms with Gasteiger partial charge < -0.3 is 9.84 Å². The number of cyclic esters (lactones) is 1. The van der Waals surface area contributed by atoms with Gasteiger partial charge in [0.2, 0.25) is 0 Å². The molecule has 1 N–H and O–H groups in total. The van der Waals surface area contributed by atoms with E-state index in [9.17, 15) is 9.90 Å². The summed E-state index contributed by atoms with van der Waals surface area (Å²) < 4.78 is 5.48. The molecule has 3 heteroatoms. The number of aromatic hydroxyl groups is 1. The van der Waals surface area contributed by atoms with E-state index in [1.807, 2.05) is 31.2 Å². The average molecular weight is 280 g/mol. The fourth-order valence-corrected chi connectivity index (χ4v) is 2.64. The van der Waals surface area contributed by atoms with Crippen LogP contribution in [0.1, 0.15) is 28.7 Å². The Kier molecular flexibility index (Phi) is 3.26. The van der Waals surface area contributed by atoms with Gasteiger partial charge >= 0.3 is 5.97 Å². The molecule has 0 aliphatic carbocycles. The van der Waals surface area contributed by atoms with Gasteiger partial charge in [-0.1, -0.05) is 48.5 Å². The second-order valence-electron chi connectivity index (χ2n) is 5.33. The highest BCUT2D eigenvalue weighted by Gasteiger charge is 2.40. The SMILES string of the molecule is C=C1C(=O)OC(c2ccc(O)cc2)C1c1ccc(C)cc1. The Bertz CT molecular complexity index is 683. The maximum Gasteiger partial charge on any atom is 0.334 e. The van der Waals surface area contributed by atoms with Crippen molar-refractivity contribution in [2.24, 2.45) is 0 Å². The molecule has 2 atom stereocenters. The Labute approximate surface area is 123 Å². The van der Waals surface area contributed by atoms with Gasteiger partial charge in [-0.3, -0.25) is 0 Å². The van der Waals surface area contributed by atoms with Crippen LogP contribution in [0.2, 0.25) is 0 Å². The maximum atomic E-state index is 11.9. The van der Waals surface area contributed by atoms with E-state index in [4.69, 9.17) is 4.74 Å². The van der Waals surface area contributed by atoms with Crippen molar-refractivity contribution in [1.29, 1.82) is 0 Å². The van der Waals surface area contributed by atoms with Crippen molar-refractivity contribution in [3.63, 3.8) is 0 Å². The predicted molar refractivity (Wildman–Crippen MR) is 80.0 cm³/mol. The van der Waals surface area contributed by atoms with Gasteiger partial charge in [-0.25, -0.2) is 4.79 Å². The molecule has 0 radical (unpaired) electrons. The van der Waals surface area contributed by atoms with E-state index in [0.717, 1.165) is 16.7 Å². The Hall–Kier alpha value is -2.55. The lowest BCUT2D eigenvalue weighted by Crippen LogP contribution is -2.07. The zero-order chi connectivity index (χ0) is 15.0. The number of carbonyl (C=O) groups excluding carboxylic acids is 1. The standard InChI is InChI=1S/C18H16O3/c1-11-3-5-13(6-4-11)16-12(2)18(20)21-17(16)14-7-9-15(19)10-8-14/h3-10,16-17,19H,2H2,1H3.